The Bertz CT molecular complexity index is 1000. The van der Waals surface area contributed by atoms with Gasteiger partial charge >= 0.3 is 0 Å². The van der Waals surface area contributed by atoms with Crippen LogP contribution in [0.3, 0.4) is 0 Å². The highest BCUT2D eigenvalue weighted by Gasteiger charge is 2.27. The second-order valence-corrected chi connectivity index (χ2v) is 6.39. The monoisotopic (exact) mass is 343 g/mol. The highest BCUT2D eigenvalue weighted by molar-refractivity contribution is 7.09. The van der Waals surface area contributed by atoms with Crippen LogP contribution in [-0.4, -0.2) is 9.36 Å². The largest absolute Gasteiger partial charge is 0.453 e. The van der Waals surface area contributed by atoms with Crippen LogP contribution in [0.2, 0.25) is 0 Å². The van der Waals surface area contributed by atoms with E-state index in [1.165, 1.54) is 11.5 Å². The standard InChI is InChI=1S/C20H13N3OS/c1-2-8-14(9-3-1)19-21-20(22-25-19)23-15-10-4-6-12-17(15)24-18-13-7-5-11-16(18)23/h1-13H. The fourth-order valence-corrected chi connectivity index (χ4v) is 3.58. The van der Waals surface area contributed by atoms with E-state index in [-0.39, 0.29) is 0 Å². The number of fused-ring (bicyclic) bond motifs is 2. The molecule has 0 N–H and O–H groups in total. The topological polar surface area (TPSA) is 38.2 Å². The SMILES string of the molecule is c1ccc(-c2nc(N3c4ccccc4Oc4ccccc43)ns2)cc1. The van der Waals surface area contributed by atoms with Gasteiger partial charge in [-0.1, -0.05) is 54.6 Å². The zero-order chi connectivity index (χ0) is 16.6. The molecule has 0 saturated carbocycles. The van der Waals surface area contributed by atoms with E-state index in [4.69, 9.17) is 9.72 Å². The van der Waals surface area contributed by atoms with E-state index < -0.39 is 0 Å². The molecular formula is C20H13N3OS. The van der Waals surface area contributed by atoms with Crippen molar-refractivity contribution in [3.05, 3.63) is 78.9 Å². The minimum absolute atomic E-state index is 0.659. The Kier molecular flexibility index (Phi) is 3.24. The van der Waals surface area contributed by atoms with Gasteiger partial charge < -0.3 is 4.74 Å². The van der Waals surface area contributed by atoms with Crippen molar-refractivity contribution in [1.29, 1.82) is 0 Å². The van der Waals surface area contributed by atoms with Gasteiger partial charge in [-0.15, -0.1) is 0 Å². The molecule has 1 aromatic heterocycles. The van der Waals surface area contributed by atoms with Crippen molar-refractivity contribution in [3.63, 3.8) is 0 Å². The van der Waals surface area contributed by atoms with Crippen molar-refractivity contribution in [2.75, 3.05) is 4.90 Å². The smallest absolute Gasteiger partial charge is 0.247 e. The summed E-state index contributed by atoms with van der Waals surface area (Å²) in [4.78, 5) is 6.83. The first-order chi connectivity index (χ1) is 12.4. The molecule has 25 heavy (non-hydrogen) atoms. The molecule has 0 fully saturated rings. The number of benzene rings is 3. The van der Waals surface area contributed by atoms with Crippen LogP contribution < -0.4 is 9.64 Å². The predicted octanol–water partition coefficient (Wildman–Crippen LogP) is 5.78. The zero-order valence-corrected chi connectivity index (χ0v) is 14.0. The van der Waals surface area contributed by atoms with Gasteiger partial charge in [-0.05, 0) is 35.8 Å². The Labute approximate surface area is 149 Å². The van der Waals surface area contributed by atoms with Gasteiger partial charge in [-0.3, -0.25) is 4.90 Å². The van der Waals surface area contributed by atoms with E-state index in [2.05, 4.69) is 9.27 Å². The third kappa shape index (κ3) is 2.37. The molecule has 0 radical (unpaired) electrons. The molecule has 4 nitrogen and oxygen atoms in total. The number of ether oxygens (including phenoxy) is 1. The molecule has 0 amide bonds. The lowest BCUT2D eigenvalue weighted by Gasteiger charge is -2.30. The molecule has 0 saturated heterocycles. The molecule has 1 aliphatic rings. The fourth-order valence-electron chi connectivity index (χ4n) is 2.92. The van der Waals surface area contributed by atoms with Gasteiger partial charge in [-0.2, -0.15) is 9.36 Å². The molecule has 120 valence electrons. The van der Waals surface area contributed by atoms with Gasteiger partial charge in [0.25, 0.3) is 0 Å². The number of aromatic nitrogens is 2. The summed E-state index contributed by atoms with van der Waals surface area (Å²) in [6.07, 6.45) is 0. The van der Waals surface area contributed by atoms with Crippen molar-refractivity contribution in [2.45, 2.75) is 0 Å². The lowest BCUT2D eigenvalue weighted by Crippen LogP contribution is -2.16. The highest BCUT2D eigenvalue weighted by atomic mass is 32.1. The minimum Gasteiger partial charge on any atom is -0.453 e. The maximum absolute atomic E-state index is 6.03. The Balaban J connectivity index is 1.66. The molecule has 5 rings (SSSR count). The van der Waals surface area contributed by atoms with Crippen LogP contribution in [0.15, 0.2) is 78.9 Å². The summed E-state index contributed by atoms with van der Waals surface area (Å²) in [7, 11) is 0. The molecule has 2 heterocycles. The fraction of sp³-hybridized carbons (Fsp3) is 0. The average Bonchev–Trinajstić information content (AvgIpc) is 3.16. The molecule has 0 spiro atoms. The summed E-state index contributed by atoms with van der Waals surface area (Å²) in [6.45, 7) is 0. The molecule has 1 aliphatic heterocycles. The van der Waals surface area contributed by atoms with Crippen LogP contribution in [-0.2, 0) is 0 Å². The second-order valence-electron chi connectivity index (χ2n) is 5.64. The van der Waals surface area contributed by atoms with Gasteiger partial charge in [0.05, 0.1) is 11.4 Å². The molecule has 5 heteroatoms. The molecular weight excluding hydrogens is 330 g/mol. The first-order valence-electron chi connectivity index (χ1n) is 7.95. The summed E-state index contributed by atoms with van der Waals surface area (Å²) in [5.74, 6) is 2.27. The van der Waals surface area contributed by atoms with E-state index in [0.717, 1.165) is 33.4 Å². The van der Waals surface area contributed by atoms with Crippen LogP contribution in [0.5, 0.6) is 11.5 Å². The van der Waals surface area contributed by atoms with Crippen molar-refractivity contribution < 1.29 is 4.74 Å². The lowest BCUT2D eigenvalue weighted by molar-refractivity contribution is 0.476. The van der Waals surface area contributed by atoms with Gasteiger partial charge in [0.1, 0.15) is 5.01 Å². The minimum atomic E-state index is 0.659. The molecule has 0 atom stereocenters. The third-order valence-corrected chi connectivity index (χ3v) is 4.82. The zero-order valence-electron chi connectivity index (χ0n) is 13.2. The van der Waals surface area contributed by atoms with Crippen molar-refractivity contribution in [1.82, 2.24) is 9.36 Å². The van der Waals surface area contributed by atoms with Gasteiger partial charge in [0.15, 0.2) is 11.5 Å². The van der Waals surface area contributed by atoms with Crippen LogP contribution in [0.25, 0.3) is 10.6 Å². The Hall–Kier alpha value is -3.18. The molecule has 0 bridgehead atoms. The molecule has 4 aromatic rings. The van der Waals surface area contributed by atoms with Crippen LogP contribution >= 0.6 is 11.5 Å². The summed E-state index contributed by atoms with van der Waals surface area (Å²) < 4.78 is 10.6. The van der Waals surface area contributed by atoms with E-state index in [9.17, 15) is 0 Å². The van der Waals surface area contributed by atoms with E-state index >= 15 is 0 Å². The first kappa shape index (κ1) is 14.2. The van der Waals surface area contributed by atoms with Crippen molar-refractivity contribution in [3.8, 4) is 22.1 Å². The molecule has 3 aromatic carbocycles. The Morgan fingerprint density at radius 3 is 2.00 bits per heavy atom. The lowest BCUT2D eigenvalue weighted by atomic mass is 10.2. The van der Waals surface area contributed by atoms with Crippen LogP contribution in [0.1, 0.15) is 0 Å². The highest BCUT2D eigenvalue weighted by Crippen LogP contribution is 2.49. The second kappa shape index (κ2) is 5.72. The van der Waals surface area contributed by atoms with Crippen LogP contribution in [0.4, 0.5) is 17.3 Å². The Morgan fingerprint density at radius 2 is 1.32 bits per heavy atom. The maximum Gasteiger partial charge on any atom is 0.247 e. The first-order valence-corrected chi connectivity index (χ1v) is 8.73. The van der Waals surface area contributed by atoms with E-state index in [1.807, 2.05) is 78.9 Å². The number of rotatable bonds is 2. The van der Waals surface area contributed by atoms with Gasteiger partial charge in [-0.25, -0.2) is 0 Å². The van der Waals surface area contributed by atoms with E-state index in [1.54, 1.807) is 0 Å². The quantitative estimate of drug-likeness (QED) is 0.407. The van der Waals surface area contributed by atoms with Crippen molar-refractivity contribution >= 4 is 28.9 Å². The number of nitrogens with zero attached hydrogens (tertiary/aromatic N) is 3. The average molecular weight is 343 g/mol. The number of hydrogen-bond acceptors (Lipinski definition) is 5. The summed E-state index contributed by atoms with van der Waals surface area (Å²) in [5.41, 5.74) is 2.96. The molecule has 0 aliphatic carbocycles. The van der Waals surface area contributed by atoms with Crippen molar-refractivity contribution in [2.24, 2.45) is 0 Å². The van der Waals surface area contributed by atoms with Crippen LogP contribution in [0, 0.1) is 0 Å². The van der Waals surface area contributed by atoms with E-state index in [0.29, 0.717) is 5.95 Å². The number of hydrogen-bond donors (Lipinski definition) is 0. The third-order valence-electron chi connectivity index (χ3n) is 4.07. The predicted molar refractivity (Wildman–Crippen MR) is 100 cm³/mol. The van der Waals surface area contributed by atoms with Gasteiger partial charge in [0.2, 0.25) is 5.95 Å². The Morgan fingerprint density at radius 1 is 0.720 bits per heavy atom. The summed E-state index contributed by atoms with van der Waals surface area (Å²) >= 11 is 1.40. The summed E-state index contributed by atoms with van der Waals surface area (Å²) in [6, 6.07) is 26.0. The number of anilines is 3. The summed E-state index contributed by atoms with van der Waals surface area (Å²) in [5, 5.41) is 0.900. The van der Waals surface area contributed by atoms with Gasteiger partial charge in [0, 0.05) is 5.56 Å². The maximum atomic E-state index is 6.03. The molecule has 0 unspecified atom stereocenters. The number of para-hydroxylation sites is 4. The normalized spacial score (nSPS) is 12.2.